The van der Waals surface area contributed by atoms with Crippen molar-refractivity contribution in [1.82, 2.24) is 5.32 Å². The van der Waals surface area contributed by atoms with Gasteiger partial charge in [0.1, 0.15) is 6.23 Å². The van der Waals surface area contributed by atoms with Gasteiger partial charge < -0.3 is 9.47 Å². The molecule has 0 bridgehead atoms. The molecule has 2 saturated heterocycles. The van der Waals surface area contributed by atoms with Crippen LogP contribution in [0.5, 0.6) is 0 Å². The van der Waals surface area contributed by atoms with E-state index >= 15 is 0 Å². The third-order valence-electron chi connectivity index (χ3n) is 2.70. The topological polar surface area (TPSA) is 30.5 Å². The van der Waals surface area contributed by atoms with Crippen molar-refractivity contribution in [3.8, 4) is 0 Å². The molecule has 2 unspecified atom stereocenters. The first-order valence-electron chi connectivity index (χ1n) is 5.17. The lowest BCUT2D eigenvalue weighted by atomic mass is 10.1. The van der Waals surface area contributed by atoms with Gasteiger partial charge in [-0.3, -0.25) is 5.32 Å². The highest BCUT2D eigenvalue weighted by Crippen LogP contribution is 2.22. The molecule has 4 heteroatoms. The van der Waals surface area contributed by atoms with E-state index in [4.69, 9.17) is 9.47 Å². The Balaban J connectivity index is 0.000000980. The largest absolute Gasteiger partial charge is 0.378 e. The molecule has 0 aliphatic carbocycles. The van der Waals surface area contributed by atoms with Crippen molar-refractivity contribution in [1.29, 1.82) is 0 Å². The number of halogens is 1. The number of ether oxygens (including phenoxy) is 2. The maximum Gasteiger partial charge on any atom is 0.111 e. The molecule has 0 aromatic rings. The lowest BCUT2D eigenvalue weighted by Gasteiger charge is -2.18. The molecule has 0 spiro atoms. The molecule has 2 fully saturated rings. The fourth-order valence-corrected chi connectivity index (χ4v) is 2.02. The van der Waals surface area contributed by atoms with E-state index < -0.39 is 0 Å². The summed E-state index contributed by atoms with van der Waals surface area (Å²) in [5, 5.41) is 3.45. The van der Waals surface area contributed by atoms with E-state index in [-0.39, 0.29) is 24.2 Å². The molecule has 2 rings (SSSR count). The second-order valence-electron chi connectivity index (χ2n) is 4.70. The van der Waals surface area contributed by atoms with Gasteiger partial charge in [0.05, 0.1) is 12.7 Å². The van der Waals surface area contributed by atoms with E-state index in [9.17, 15) is 0 Å². The molecule has 2 atom stereocenters. The molecule has 1 N–H and O–H groups in total. The molecule has 0 aromatic heterocycles. The van der Waals surface area contributed by atoms with Crippen molar-refractivity contribution in [2.75, 3.05) is 13.2 Å². The summed E-state index contributed by atoms with van der Waals surface area (Å²) in [6.07, 6.45) is 4.04. The minimum Gasteiger partial charge on any atom is -0.378 e. The zero-order valence-corrected chi connectivity index (χ0v) is 9.73. The summed E-state index contributed by atoms with van der Waals surface area (Å²) in [6.45, 7) is 6.08. The van der Waals surface area contributed by atoms with Gasteiger partial charge in [-0.1, -0.05) is 0 Å². The van der Waals surface area contributed by atoms with E-state index in [1.807, 2.05) is 0 Å². The van der Waals surface area contributed by atoms with Crippen LogP contribution in [-0.2, 0) is 9.47 Å². The van der Waals surface area contributed by atoms with Gasteiger partial charge in [0.2, 0.25) is 0 Å². The summed E-state index contributed by atoms with van der Waals surface area (Å²) in [5.41, 5.74) is 0.142. The number of hydrogen-bond acceptors (Lipinski definition) is 3. The Morgan fingerprint density at radius 1 is 1.36 bits per heavy atom. The molecule has 14 heavy (non-hydrogen) atoms. The Kier molecular flexibility index (Phi) is 4.19. The van der Waals surface area contributed by atoms with Crippen LogP contribution in [-0.4, -0.2) is 31.1 Å². The summed E-state index contributed by atoms with van der Waals surface area (Å²) in [4.78, 5) is 0. The fraction of sp³-hybridized carbons (Fsp3) is 1.00. The van der Waals surface area contributed by atoms with E-state index in [0.717, 1.165) is 19.6 Å². The highest BCUT2D eigenvalue weighted by molar-refractivity contribution is 5.85. The van der Waals surface area contributed by atoms with Crippen LogP contribution in [0.25, 0.3) is 0 Å². The number of nitrogens with one attached hydrogen (secondary N) is 1. The average Bonchev–Trinajstić information content (AvgIpc) is 2.61. The predicted molar refractivity (Wildman–Crippen MR) is 57.8 cm³/mol. The normalized spacial score (nSPS) is 35.6. The summed E-state index contributed by atoms with van der Waals surface area (Å²) in [5.74, 6) is 0. The third kappa shape index (κ3) is 3.09. The van der Waals surface area contributed by atoms with Gasteiger partial charge in [0.15, 0.2) is 0 Å². The lowest BCUT2D eigenvalue weighted by Crippen LogP contribution is -2.40. The summed E-state index contributed by atoms with van der Waals surface area (Å²) in [6, 6.07) is 0. The van der Waals surface area contributed by atoms with Crippen LogP contribution in [0.2, 0.25) is 0 Å². The number of rotatable bonds is 2. The lowest BCUT2D eigenvalue weighted by molar-refractivity contribution is 0.0295. The predicted octanol–water partition coefficient (Wildman–Crippen LogP) is 1.70. The highest BCUT2D eigenvalue weighted by atomic mass is 35.5. The smallest absolute Gasteiger partial charge is 0.111 e. The van der Waals surface area contributed by atoms with Gasteiger partial charge in [-0.25, -0.2) is 0 Å². The molecule has 2 heterocycles. The number of hydrogen-bond donors (Lipinski definition) is 1. The maximum absolute atomic E-state index is 5.64. The highest BCUT2D eigenvalue weighted by Gasteiger charge is 2.32. The minimum atomic E-state index is 0. The molecule has 0 radical (unpaired) electrons. The molecule has 0 saturated carbocycles. The summed E-state index contributed by atoms with van der Waals surface area (Å²) in [7, 11) is 0. The Morgan fingerprint density at radius 3 is 2.64 bits per heavy atom. The van der Waals surface area contributed by atoms with Crippen LogP contribution < -0.4 is 5.32 Å². The molecule has 2 aliphatic heterocycles. The standard InChI is InChI=1S/C10H19NO2.ClH/c1-10(2)7-13-9(11-10)6-8-4-3-5-12-8;/h8-9,11H,3-7H2,1-2H3;1H. The SMILES string of the molecule is CC1(C)COC(CC2CCCO2)N1.Cl. The van der Waals surface area contributed by atoms with Gasteiger partial charge in [0, 0.05) is 18.6 Å². The molecule has 84 valence electrons. The second-order valence-corrected chi connectivity index (χ2v) is 4.70. The first-order chi connectivity index (χ1) is 6.16. The second kappa shape index (κ2) is 4.79. The van der Waals surface area contributed by atoms with E-state index in [2.05, 4.69) is 19.2 Å². The Hall–Kier alpha value is 0.170. The molecule has 3 nitrogen and oxygen atoms in total. The zero-order valence-electron chi connectivity index (χ0n) is 8.91. The van der Waals surface area contributed by atoms with Crippen LogP contribution >= 0.6 is 12.4 Å². The van der Waals surface area contributed by atoms with Crippen LogP contribution in [0.3, 0.4) is 0 Å². The molecular weight excluding hydrogens is 202 g/mol. The van der Waals surface area contributed by atoms with Crippen molar-refractivity contribution in [2.45, 2.75) is 51.0 Å². The van der Waals surface area contributed by atoms with Gasteiger partial charge in [0.25, 0.3) is 0 Å². The summed E-state index contributed by atoms with van der Waals surface area (Å²) < 4.78 is 11.2. The van der Waals surface area contributed by atoms with Gasteiger partial charge >= 0.3 is 0 Å². The molecule has 0 amide bonds. The first kappa shape index (κ1) is 12.2. The zero-order chi connectivity index (χ0) is 9.31. The quantitative estimate of drug-likeness (QED) is 0.770. The van der Waals surface area contributed by atoms with Crippen LogP contribution in [0.4, 0.5) is 0 Å². The van der Waals surface area contributed by atoms with Crippen molar-refractivity contribution in [3.05, 3.63) is 0 Å². The Labute approximate surface area is 91.9 Å². The van der Waals surface area contributed by atoms with E-state index in [0.29, 0.717) is 6.10 Å². The van der Waals surface area contributed by atoms with Crippen LogP contribution in [0, 0.1) is 0 Å². The first-order valence-corrected chi connectivity index (χ1v) is 5.17. The fourth-order valence-electron chi connectivity index (χ4n) is 2.02. The van der Waals surface area contributed by atoms with Gasteiger partial charge in [-0.05, 0) is 26.7 Å². The molecule has 2 aliphatic rings. The van der Waals surface area contributed by atoms with Crippen molar-refractivity contribution in [2.24, 2.45) is 0 Å². The van der Waals surface area contributed by atoms with Crippen molar-refractivity contribution in [3.63, 3.8) is 0 Å². The van der Waals surface area contributed by atoms with Crippen molar-refractivity contribution < 1.29 is 9.47 Å². The summed E-state index contributed by atoms with van der Waals surface area (Å²) >= 11 is 0. The monoisotopic (exact) mass is 221 g/mol. The van der Waals surface area contributed by atoms with Gasteiger partial charge in [-0.15, -0.1) is 12.4 Å². The molecule has 0 aromatic carbocycles. The minimum absolute atomic E-state index is 0. The van der Waals surface area contributed by atoms with Crippen molar-refractivity contribution >= 4 is 12.4 Å². The van der Waals surface area contributed by atoms with E-state index in [1.54, 1.807) is 0 Å². The Morgan fingerprint density at radius 2 is 2.14 bits per heavy atom. The maximum atomic E-state index is 5.64. The Bertz CT molecular complexity index is 181. The molecular formula is C10H20ClNO2. The third-order valence-corrected chi connectivity index (χ3v) is 2.70. The van der Waals surface area contributed by atoms with Crippen LogP contribution in [0.1, 0.15) is 33.1 Å². The van der Waals surface area contributed by atoms with E-state index in [1.165, 1.54) is 12.8 Å². The van der Waals surface area contributed by atoms with Crippen LogP contribution in [0.15, 0.2) is 0 Å². The van der Waals surface area contributed by atoms with Gasteiger partial charge in [-0.2, -0.15) is 0 Å². The average molecular weight is 222 g/mol.